The summed E-state index contributed by atoms with van der Waals surface area (Å²) in [5, 5.41) is 5.57. The fourth-order valence-electron chi connectivity index (χ4n) is 4.68. The van der Waals surface area contributed by atoms with Crippen molar-refractivity contribution in [1.29, 1.82) is 0 Å². The average Bonchev–Trinajstić information content (AvgIpc) is 3.53. The van der Waals surface area contributed by atoms with E-state index in [1.54, 1.807) is 26.8 Å². The van der Waals surface area contributed by atoms with Crippen LogP contribution in [0.4, 0.5) is 10.5 Å². The minimum atomic E-state index is -1.30. The molecular weight excluding hydrogens is 496 g/mol. The maximum atomic E-state index is 14.2. The Morgan fingerprint density at radius 2 is 1.64 bits per heavy atom. The fraction of sp³-hybridized carbons (Fsp3) is 0.467. The van der Waals surface area contributed by atoms with Crippen molar-refractivity contribution >= 4 is 29.5 Å². The van der Waals surface area contributed by atoms with Gasteiger partial charge in [0.2, 0.25) is 11.8 Å². The zero-order valence-corrected chi connectivity index (χ0v) is 23.8. The quantitative estimate of drug-likeness (QED) is 0.440. The zero-order valence-electron chi connectivity index (χ0n) is 23.8. The summed E-state index contributed by atoms with van der Waals surface area (Å²) in [6, 6.07) is 10.6. The normalized spacial score (nSPS) is 17.9. The third-order valence-electron chi connectivity index (χ3n) is 6.69. The lowest BCUT2D eigenvalue weighted by Crippen LogP contribution is -2.54. The molecule has 1 saturated carbocycles. The molecule has 9 nitrogen and oxygen atoms in total. The number of primary amides is 1. The second kappa shape index (κ2) is 11.9. The minimum absolute atomic E-state index is 0.130. The molecule has 9 heteroatoms. The lowest BCUT2D eigenvalue weighted by atomic mass is 9.99. The number of nitrogens with zero attached hydrogens (tertiary/aromatic N) is 1. The van der Waals surface area contributed by atoms with E-state index in [0.29, 0.717) is 17.7 Å². The maximum Gasteiger partial charge on any atom is 0.408 e. The predicted octanol–water partition coefficient (Wildman–Crippen LogP) is 4.30. The van der Waals surface area contributed by atoms with Crippen molar-refractivity contribution in [3.8, 4) is 0 Å². The van der Waals surface area contributed by atoms with Gasteiger partial charge in [0.1, 0.15) is 17.7 Å². The molecule has 0 aliphatic heterocycles. The Morgan fingerprint density at radius 3 is 2.15 bits per heavy atom. The average molecular weight is 537 g/mol. The maximum absolute atomic E-state index is 14.2. The molecule has 39 heavy (non-hydrogen) atoms. The summed E-state index contributed by atoms with van der Waals surface area (Å²) in [7, 11) is 0. The molecule has 0 bridgehead atoms. The molecule has 2 aromatic rings. The molecule has 4 N–H and O–H groups in total. The number of anilines is 1. The number of rotatable bonds is 9. The smallest absolute Gasteiger partial charge is 0.408 e. The molecule has 0 heterocycles. The Balaban J connectivity index is 2.06. The van der Waals surface area contributed by atoms with Crippen molar-refractivity contribution in [1.82, 2.24) is 10.2 Å². The number of hydrogen-bond donors (Lipinski definition) is 3. The summed E-state index contributed by atoms with van der Waals surface area (Å²) in [6.07, 6.45) is -0.604. The molecule has 3 rings (SSSR count). The number of benzene rings is 2. The summed E-state index contributed by atoms with van der Waals surface area (Å²) in [5.41, 5.74) is 8.67. The van der Waals surface area contributed by atoms with Crippen LogP contribution in [0.3, 0.4) is 0 Å². The van der Waals surface area contributed by atoms with E-state index in [4.69, 9.17) is 10.5 Å². The van der Waals surface area contributed by atoms with Gasteiger partial charge in [0.05, 0.1) is 6.42 Å². The Morgan fingerprint density at radius 1 is 1.05 bits per heavy atom. The van der Waals surface area contributed by atoms with E-state index < -0.39 is 42.0 Å². The molecule has 4 amide bonds. The lowest BCUT2D eigenvalue weighted by Gasteiger charge is -2.35. The van der Waals surface area contributed by atoms with E-state index >= 15 is 0 Å². The van der Waals surface area contributed by atoms with Crippen LogP contribution in [-0.2, 0) is 19.1 Å². The van der Waals surface area contributed by atoms with Crippen LogP contribution in [0, 0.1) is 26.7 Å². The van der Waals surface area contributed by atoms with Crippen LogP contribution in [0.1, 0.15) is 68.8 Å². The summed E-state index contributed by atoms with van der Waals surface area (Å²) < 4.78 is 5.34. The zero-order chi connectivity index (χ0) is 29.1. The minimum Gasteiger partial charge on any atom is -0.444 e. The molecule has 2 aromatic carbocycles. The number of carbonyl (C=O) groups is 4. The summed E-state index contributed by atoms with van der Waals surface area (Å²) >= 11 is 0. The van der Waals surface area contributed by atoms with Crippen molar-refractivity contribution in [3.05, 3.63) is 64.7 Å². The van der Waals surface area contributed by atoms with E-state index in [9.17, 15) is 19.2 Å². The Kier molecular flexibility index (Phi) is 9.04. The van der Waals surface area contributed by atoms with Crippen molar-refractivity contribution in [2.45, 2.75) is 85.0 Å². The van der Waals surface area contributed by atoms with Gasteiger partial charge in [0.25, 0.3) is 5.91 Å². The molecular formula is C30H40N4O5. The van der Waals surface area contributed by atoms with E-state index in [1.807, 2.05) is 64.1 Å². The van der Waals surface area contributed by atoms with Crippen LogP contribution in [0.2, 0.25) is 0 Å². The molecule has 1 fully saturated rings. The standard InChI is InChI=1S/C30H40N4O5/c1-17-10-8-13-21(14-17)26(27(36)33-25-18(2)11-9-12-19(25)3)34(23-15-20(23)4)28(37)22(16-24(31)35)32-29(38)39-30(5,6)7/h8-14,20,22-23,26H,15-16H2,1-7H3,(H2,31,35)(H,32,38)(H,33,36). The second-order valence-corrected chi connectivity index (χ2v) is 11.5. The number of amides is 4. The number of nitrogens with two attached hydrogens (primary N) is 1. The molecule has 0 saturated heterocycles. The van der Waals surface area contributed by atoms with Gasteiger partial charge in [0, 0.05) is 11.7 Å². The number of nitrogens with one attached hydrogen (secondary N) is 2. The third-order valence-corrected chi connectivity index (χ3v) is 6.69. The number of para-hydroxylation sites is 1. The SMILES string of the molecule is Cc1cccc(C(C(=O)Nc2c(C)cccc2C)N(C(=O)C(CC(N)=O)NC(=O)OC(C)(C)C)C2CC2C)c1. The van der Waals surface area contributed by atoms with E-state index in [1.165, 1.54) is 4.90 Å². The Labute approximate surface area is 230 Å². The van der Waals surface area contributed by atoms with Crippen LogP contribution in [0.15, 0.2) is 42.5 Å². The van der Waals surface area contributed by atoms with Crippen LogP contribution in [0.5, 0.6) is 0 Å². The van der Waals surface area contributed by atoms with Gasteiger partial charge in [-0.05, 0) is 70.6 Å². The van der Waals surface area contributed by atoms with Gasteiger partial charge in [-0.15, -0.1) is 0 Å². The van der Waals surface area contributed by atoms with E-state index in [2.05, 4.69) is 10.6 Å². The molecule has 0 aromatic heterocycles. The molecule has 1 aliphatic carbocycles. The molecule has 210 valence electrons. The number of alkyl carbamates (subject to hydrolysis) is 1. The monoisotopic (exact) mass is 536 g/mol. The van der Waals surface area contributed by atoms with Crippen molar-refractivity contribution < 1.29 is 23.9 Å². The molecule has 0 radical (unpaired) electrons. The highest BCUT2D eigenvalue weighted by molar-refractivity contribution is 6.00. The van der Waals surface area contributed by atoms with Gasteiger partial charge in [-0.25, -0.2) is 4.79 Å². The summed E-state index contributed by atoms with van der Waals surface area (Å²) in [4.78, 5) is 54.3. The van der Waals surface area contributed by atoms with E-state index in [0.717, 1.165) is 16.7 Å². The highest BCUT2D eigenvalue weighted by Crippen LogP contribution is 2.41. The predicted molar refractivity (Wildman–Crippen MR) is 150 cm³/mol. The van der Waals surface area contributed by atoms with Gasteiger partial charge in [-0.3, -0.25) is 14.4 Å². The van der Waals surface area contributed by atoms with Crippen LogP contribution < -0.4 is 16.4 Å². The first-order chi connectivity index (χ1) is 18.2. The number of aryl methyl sites for hydroxylation is 3. The third kappa shape index (κ3) is 7.81. The lowest BCUT2D eigenvalue weighted by molar-refractivity contribution is -0.142. The van der Waals surface area contributed by atoms with Gasteiger partial charge in [-0.1, -0.05) is 55.0 Å². The van der Waals surface area contributed by atoms with Gasteiger partial charge >= 0.3 is 6.09 Å². The number of hydrogen-bond acceptors (Lipinski definition) is 5. The topological polar surface area (TPSA) is 131 Å². The first kappa shape index (κ1) is 29.7. The molecule has 0 spiro atoms. The fourth-order valence-corrected chi connectivity index (χ4v) is 4.68. The first-order valence-corrected chi connectivity index (χ1v) is 13.2. The van der Waals surface area contributed by atoms with Crippen molar-refractivity contribution in [2.75, 3.05) is 5.32 Å². The van der Waals surface area contributed by atoms with E-state index in [-0.39, 0.29) is 17.9 Å². The van der Waals surface area contributed by atoms with Gasteiger partial charge < -0.3 is 26.0 Å². The van der Waals surface area contributed by atoms with Crippen LogP contribution >= 0.6 is 0 Å². The Hall–Kier alpha value is -3.88. The summed E-state index contributed by atoms with van der Waals surface area (Å²) in [6.45, 7) is 12.8. The summed E-state index contributed by atoms with van der Waals surface area (Å²) in [5.74, 6) is -1.59. The molecule has 4 unspecified atom stereocenters. The van der Waals surface area contributed by atoms with Gasteiger partial charge in [-0.2, -0.15) is 0 Å². The van der Waals surface area contributed by atoms with Crippen LogP contribution in [0.25, 0.3) is 0 Å². The highest BCUT2D eigenvalue weighted by Gasteiger charge is 2.48. The second-order valence-electron chi connectivity index (χ2n) is 11.5. The van der Waals surface area contributed by atoms with Crippen LogP contribution in [-0.4, -0.2) is 46.4 Å². The number of ether oxygens (including phenoxy) is 1. The van der Waals surface area contributed by atoms with Gasteiger partial charge in [0.15, 0.2) is 0 Å². The van der Waals surface area contributed by atoms with Crippen molar-refractivity contribution in [3.63, 3.8) is 0 Å². The largest absolute Gasteiger partial charge is 0.444 e. The number of carbonyl (C=O) groups excluding carboxylic acids is 4. The molecule has 4 atom stereocenters. The Bertz CT molecular complexity index is 1230. The molecule has 1 aliphatic rings. The van der Waals surface area contributed by atoms with Crippen molar-refractivity contribution in [2.24, 2.45) is 11.7 Å². The first-order valence-electron chi connectivity index (χ1n) is 13.2. The highest BCUT2D eigenvalue weighted by atomic mass is 16.6.